The Morgan fingerprint density at radius 2 is 1.06 bits per heavy atom. The number of likely N-dealkylation sites (N-methyl/N-ethyl adjacent to an activating group) is 2. The molecule has 33 heavy (non-hydrogen) atoms. The van der Waals surface area contributed by atoms with Gasteiger partial charge in [0.25, 0.3) is 0 Å². The van der Waals surface area contributed by atoms with Crippen LogP contribution in [0.15, 0.2) is 0 Å². The lowest BCUT2D eigenvalue weighted by molar-refractivity contribution is -0.936. The summed E-state index contributed by atoms with van der Waals surface area (Å²) < 4.78 is 8.37. The van der Waals surface area contributed by atoms with Crippen molar-refractivity contribution in [1.29, 1.82) is 0 Å². The summed E-state index contributed by atoms with van der Waals surface area (Å²) >= 11 is 0. The van der Waals surface area contributed by atoms with E-state index in [1.165, 1.54) is 116 Å². The van der Waals surface area contributed by atoms with Crippen LogP contribution in [0, 0.1) is 0 Å². The van der Waals surface area contributed by atoms with E-state index in [0.29, 0.717) is 6.42 Å². The Bertz CT molecular complexity index is 467. The normalized spacial score (nSPS) is 19.4. The van der Waals surface area contributed by atoms with Gasteiger partial charge in [-0.3, -0.25) is 4.79 Å². The molecule has 0 spiro atoms. The third-order valence-electron chi connectivity index (χ3n) is 7.86. The molecule has 0 aromatic rings. The summed E-state index contributed by atoms with van der Waals surface area (Å²) in [4.78, 5) is 12.7. The van der Waals surface area contributed by atoms with Gasteiger partial charge in [-0.15, -0.1) is 0 Å². The van der Waals surface area contributed by atoms with Gasteiger partial charge >= 0.3 is 5.97 Å². The Morgan fingerprint density at radius 1 is 0.667 bits per heavy atom. The highest BCUT2D eigenvalue weighted by Crippen LogP contribution is 2.22. The molecule has 2 saturated heterocycles. The molecule has 4 nitrogen and oxygen atoms in total. The minimum absolute atomic E-state index is 0. The highest BCUT2D eigenvalue weighted by Gasteiger charge is 2.36. The van der Waals surface area contributed by atoms with Crippen LogP contribution in [0.2, 0.25) is 0 Å². The number of rotatable bonds is 15. The van der Waals surface area contributed by atoms with E-state index in [1.807, 2.05) is 0 Å². The number of ether oxygens (including phenoxy) is 1. The quantitative estimate of drug-likeness (QED) is 0.105. The van der Waals surface area contributed by atoms with Crippen LogP contribution in [0.4, 0.5) is 0 Å². The van der Waals surface area contributed by atoms with Gasteiger partial charge < -0.3 is 61.7 Å². The fourth-order valence-electron chi connectivity index (χ4n) is 5.86. The van der Waals surface area contributed by atoms with Crippen molar-refractivity contribution < 1.29 is 66.5 Å². The van der Waals surface area contributed by atoms with E-state index < -0.39 is 0 Å². The van der Waals surface area contributed by atoms with Crippen LogP contribution >= 0.6 is 0 Å². The van der Waals surface area contributed by atoms with Gasteiger partial charge in [-0.05, 0) is 44.9 Å². The zero-order valence-corrected chi connectivity index (χ0v) is 26.4. The Morgan fingerprint density at radius 3 is 1.48 bits per heavy atom. The molecule has 0 unspecified atom stereocenters. The minimum Gasteiger partial charge on any atom is -1.00 e. The number of carbonyl (C=O) groups is 1. The predicted molar refractivity (Wildman–Crippen MR) is 131 cm³/mol. The summed E-state index contributed by atoms with van der Waals surface area (Å²) in [7, 11) is 4.77. The van der Waals surface area contributed by atoms with Crippen LogP contribution in [-0.4, -0.2) is 74.4 Å². The van der Waals surface area contributed by atoms with E-state index in [0.717, 1.165) is 28.5 Å². The number of hydrogen-bond donors (Lipinski definition) is 0. The summed E-state index contributed by atoms with van der Waals surface area (Å²) in [5.74, 6) is 0.0557. The molecule has 2 aliphatic heterocycles. The standard InChI is InChI=1S/C27H54N2O2.2HI/c1-4-5-6-7-8-9-10-11-14-19-27(30)31-26(24-28(2)20-15-12-16-21-28)25-29(3)22-17-13-18-23-29;;/h26H,4-25H2,1-3H3;2*1H/q+2;;/p-2. The third-order valence-corrected chi connectivity index (χ3v) is 7.86. The summed E-state index contributed by atoms with van der Waals surface area (Å²) in [6.07, 6.45) is 20.3. The SMILES string of the molecule is CCCCCCCCCCCC(=O)OC(C[N+]1(C)CCCCC1)C[N+]1(C)CCCCC1.[I-].[I-]. The van der Waals surface area contributed by atoms with Gasteiger partial charge in [-0.25, -0.2) is 0 Å². The number of carbonyl (C=O) groups excluding carboxylic acids is 1. The molecular formula is C27H54I2N2O2. The number of halogens is 2. The molecule has 0 bridgehead atoms. The van der Waals surface area contributed by atoms with Crippen molar-refractivity contribution in [3.63, 3.8) is 0 Å². The highest BCUT2D eigenvalue weighted by molar-refractivity contribution is 5.69. The van der Waals surface area contributed by atoms with E-state index in [2.05, 4.69) is 21.0 Å². The van der Waals surface area contributed by atoms with Crippen LogP contribution < -0.4 is 48.0 Å². The van der Waals surface area contributed by atoms with Crippen molar-refractivity contribution in [1.82, 2.24) is 0 Å². The molecule has 0 aliphatic carbocycles. The van der Waals surface area contributed by atoms with Crippen LogP contribution in [-0.2, 0) is 9.53 Å². The molecule has 2 rings (SSSR count). The number of nitrogens with zero attached hydrogens (tertiary/aromatic N) is 2. The van der Waals surface area contributed by atoms with Crippen LogP contribution in [0.1, 0.15) is 110 Å². The second kappa shape index (κ2) is 19.0. The summed E-state index contributed by atoms with van der Waals surface area (Å²) in [6, 6.07) is 0. The second-order valence-corrected chi connectivity index (χ2v) is 11.3. The first-order chi connectivity index (χ1) is 14.9. The molecule has 0 aromatic heterocycles. The molecule has 0 atom stereocenters. The Balaban J connectivity index is 0.00000512. The molecule has 0 N–H and O–H groups in total. The molecule has 2 heterocycles. The first kappa shape index (κ1) is 33.8. The van der Waals surface area contributed by atoms with Crippen LogP contribution in [0.3, 0.4) is 0 Å². The topological polar surface area (TPSA) is 26.3 Å². The zero-order chi connectivity index (χ0) is 22.4. The van der Waals surface area contributed by atoms with Gasteiger partial charge in [0.15, 0.2) is 6.10 Å². The number of piperidine rings is 2. The highest BCUT2D eigenvalue weighted by atomic mass is 127. The Kier molecular flexibility index (Phi) is 19.5. The lowest BCUT2D eigenvalue weighted by Crippen LogP contribution is -3.00. The van der Waals surface area contributed by atoms with Gasteiger partial charge in [-0.2, -0.15) is 0 Å². The van der Waals surface area contributed by atoms with E-state index >= 15 is 0 Å². The summed E-state index contributed by atoms with van der Waals surface area (Å²) in [5.41, 5.74) is 0. The Hall–Kier alpha value is 0.850. The average molecular weight is 693 g/mol. The maximum atomic E-state index is 12.7. The van der Waals surface area contributed by atoms with Crippen molar-refractivity contribution in [3.8, 4) is 0 Å². The number of likely N-dealkylation sites (tertiary alicyclic amines) is 2. The van der Waals surface area contributed by atoms with E-state index in [1.54, 1.807) is 0 Å². The molecule has 2 aliphatic rings. The van der Waals surface area contributed by atoms with E-state index in [9.17, 15) is 4.79 Å². The predicted octanol–water partition coefficient (Wildman–Crippen LogP) is 0.0881. The molecule has 0 amide bonds. The summed E-state index contributed by atoms with van der Waals surface area (Å²) in [5, 5.41) is 0. The fourth-order valence-corrected chi connectivity index (χ4v) is 5.86. The van der Waals surface area contributed by atoms with Crippen molar-refractivity contribution in [3.05, 3.63) is 0 Å². The molecule has 2 fully saturated rings. The maximum absolute atomic E-state index is 12.7. The van der Waals surface area contributed by atoms with Gasteiger partial charge in [0.05, 0.1) is 40.3 Å². The lowest BCUT2D eigenvalue weighted by atomic mass is 10.1. The molecule has 198 valence electrons. The van der Waals surface area contributed by atoms with E-state index in [4.69, 9.17) is 4.74 Å². The first-order valence-electron chi connectivity index (χ1n) is 13.8. The zero-order valence-electron chi connectivity index (χ0n) is 22.1. The van der Waals surface area contributed by atoms with Gasteiger partial charge in [0.2, 0.25) is 0 Å². The van der Waals surface area contributed by atoms with E-state index in [-0.39, 0.29) is 60.0 Å². The Labute approximate surface area is 240 Å². The van der Waals surface area contributed by atoms with Gasteiger partial charge in [0.1, 0.15) is 13.1 Å². The van der Waals surface area contributed by atoms with Crippen molar-refractivity contribution in [2.75, 3.05) is 53.4 Å². The monoisotopic (exact) mass is 692 g/mol. The van der Waals surface area contributed by atoms with Gasteiger partial charge in [-0.1, -0.05) is 58.3 Å². The maximum Gasteiger partial charge on any atom is 0.306 e. The molecule has 0 saturated carbocycles. The molecule has 0 aromatic carbocycles. The molecule has 6 heteroatoms. The van der Waals surface area contributed by atoms with Crippen molar-refractivity contribution in [2.45, 2.75) is 116 Å². The van der Waals surface area contributed by atoms with Gasteiger partial charge in [0, 0.05) is 6.42 Å². The largest absolute Gasteiger partial charge is 1.00 e. The number of esters is 1. The average Bonchev–Trinajstić information content (AvgIpc) is 2.73. The smallest absolute Gasteiger partial charge is 0.306 e. The summed E-state index contributed by atoms with van der Waals surface area (Å²) in [6.45, 7) is 9.28. The third kappa shape index (κ3) is 14.9. The van der Waals surface area contributed by atoms with Crippen LogP contribution in [0.5, 0.6) is 0 Å². The fraction of sp³-hybridized carbons (Fsp3) is 0.963. The molecule has 0 radical (unpaired) electrons. The van der Waals surface area contributed by atoms with Crippen LogP contribution in [0.25, 0.3) is 0 Å². The number of unbranched alkanes of at least 4 members (excludes halogenated alkanes) is 8. The van der Waals surface area contributed by atoms with Crippen molar-refractivity contribution >= 4 is 5.97 Å². The minimum atomic E-state index is 0. The lowest BCUT2D eigenvalue weighted by Gasteiger charge is -2.43. The first-order valence-corrected chi connectivity index (χ1v) is 13.8. The second-order valence-electron chi connectivity index (χ2n) is 11.3. The molecular weight excluding hydrogens is 638 g/mol. The number of quaternary nitrogens is 2. The van der Waals surface area contributed by atoms with Crippen molar-refractivity contribution in [2.24, 2.45) is 0 Å². The number of hydrogen-bond acceptors (Lipinski definition) is 2.